The van der Waals surface area contributed by atoms with Crippen LogP contribution in [-0.4, -0.2) is 31.1 Å². The number of nitrogens with zero attached hydrogens (tertiary/aromatic N) is 5. The van der Waals surface area contributed by atoms with Gasteiger partial charge in [0.25, 0.3) is 0 Å². The van der Waals surface area contributed by atoms with Gasteiger partial charge in [0.05, 0.1) is 30.7 Å². The first-order valence-corrected chi connectivity index (χ1v) is 9.08. The number of nitrogens with one attached hydrogen (secondary N) is 1. The monoisotopic (exact) mass is 382 g/mol. The van der Waals surface area contributed by atoms with Gasteiger partial charge >= 0.3 is 0 Å². The van der Waals surface area contributed by atoms with Crippen molar-refractivity contribution in [1.82, 2.24) is 25.1 Å². The summed E-state index contributed by atoms with van der Waals surface area (Å²) in [4.78, 5) is 25.0. The Morgan fingerprint density at radius 2 is 1.83 bits per heavy atom. The minimum absolute atomic E-state index is 0.123. The summed E-state index contributed by atoms with van der Waals surface area (Å²) < 4.78 is 0. The molecule has 0 radical (unpaired) electrons. The lowest BCUT2D eigenvalue weighted by molar-refractivity contribution is -0.115. The Kier molecular flexibility index (Phi) is 5.29. The van der Waals surface area contributed by atoms with Crippen LogP contribution in [0.1, 0.15) is 11.1 Å². The number of hydrogen-bond acceptors (Lipinski definition) is 6. The van der Waals surface area contributed by atoms with Gasteiger partial charge in [-0.25, -0.2) is 4.98 Å². The van der Waals surface area contributed by atoms with Gasteiger partial charge in [-0.15, -0.1) is 0 Å². The van der Waals surface area contributed by atoms with Crippen LogP contribution in [0.4, 0.5) is 5.82 Å². The molecule has 1 N–H and O–H groups in total. The number of carbonyl (C=O) groups excluding carboxylic acids is 1. The van der Waals surface area contributed by atoms with Gasteiger partial charge in [-0.05, 0) is 41.8 Å². The Balaban J connectivity index is 1.41. The first-order valence-electron chi connectivity index (χ1n) is 9.08. The van der Waals surface area contributed by atoms with Crippen molar-refractivity contribution >= 4 is 11.7 Å². The maximum Gasteiger partial charge on any atom is 0.229 e. The number of benzene rings is 1. The molecule has 0 saturated heterocycles. The maximum absolute atomic E-state index is 12.4. The van der Waals surface area contributed by atoms with Gasteiger partial charge in [-0.2, -0.15) is 10.2 Å². The molecule has 0 aliphatic carbocycles. The van der Waals surface area contributed by atoms with Crippen LogP contribution in [0.15, 0.2) is 73.6 Å². The molecule has 1 aromatic carbocycles. The lowest BCUT2D eigenvalue weighted by atomic mass is 9.99. The average molecular weight is 382 g/mol. The van der Waals surface area contributed by atoms with Gasteiger partial charge in [0.1, 0.15) is 5.82 Å². The Morgan fingerprint density at radius 1 is 0.897 bits per heavy atom. The lowest BCUT2D eigenvalue weighted by Crippen LogP contribution is -2.15. The quantitative estimate of drug-likeness (QED) is 0.568. The Labute approximate surface area is 167 Å². The van der Waals surface area contributed by atoms with Crippen molar-refractivity contribution in [2.75, 3.05) is 5.32 Å². The van der Waals surface area contributed by atoms with E-state index in [0.717, 1.165) is 33.5 Å². The molecule has 0 saturated carbocycles. The van der Waals surface area contributed by atoms with E-state index in [1.165, 1.54) is 0 Å². The summed E-state index contributed by atoms with van der Waals surface area (Å²) in [5.41, 5.74) is 5.66. The molecule has 7 nitrogen and oxygen atoms in total. The standard InChI is InChI=1S/C22H18N6O/c1-15-10-16(2-4-19(15)17-6-7-26-27-13-17)11-22(29)28-21-5-3-18(12-25-21)20-14-23-8-9-24-20/h2-10,12-14H,11H2,1H3,(H,25,28,29). The summed E-state index contributed by atoms with van der Waals surface area (Å²) in [5, 5.41) is 10.6. The minimum atomic E-state index is -0.123. The van der Waals surface area contributed by atoms with Crippen LogP contribution in [0.3, 0.4) is 0 Å². The first kappa shape index (κ1) is 18.4. The fourth-order valence-corrected chi connectivity index (χ4v) is 3.05. The molecule has 0 bridgehead atoms. The molecule has 0 spiro atoms. The number of aromatic nitrogens is 5. The van der Waals surface area contributed by atoms with Crippen LogP contribution in [0.2, 0.25) is 0 Å². The fraction of sp³-hybridized carbons (Fsp3) is 0.0909. The van der Waals surface area contributed by atoms with Gasteiger partial charge in [0, 0.05) is 29.7 Å². The van der Waals surface area contributed by atoms with Crippen molar-refractivity contribution in [2.24, 2.45) is 0 Å². The number of anilines is 1. The molecule has 0 unspecified atom stereocenters. The predicted molar refractivity (Wildman–Crippen MR) is 110 cm³/mol. The van der Waals surface area contributed by atoms with Crippen LogP contribution in [-0.2, 0) is 11.2 Å². The molecule has 1 amide bonds. The average Bonchev–Trinajstić information content (AvgIpc) is 2.75. The number of rotatable bonds is 5. The van der Waals surface area contributed by atoms with E-state index in [-0.39, 0.29) is 12.3 Å². The third-order valence-corrected chi connectivity index (χ3v) is 4.44. The molecule has 4 rings (SSSR count). The van der Waals surface area contributed by atoms with E-state index in [2.05, 4.69) is 30.5 Å². The molecular formula is C22H18N6O. The highest BCUT2D eigenvalue weighted by Gasteiger charge is 2.09. The second-order valence-electron chi connectivity index (χ2n) is 6.53. The van der Waals surface area contributed by atoms with E-state index >= 15 is 0 Å². The van der Waals surface area contributed by atoms with Gasteiger partial charge in [-0.3, -0.25) is 14.8 Å². The highest BCUT2D eigenvalue weighted by Crippen LogP contribution is 2.23. The van der Waals surface area contributed by atoms with Crippen LogP contribution < -0.4 is 5.32 Å². The van der Waals surface area contributed by atoms with Crippen LogP contribution >= 0.6 is 0 Å². The molecular weight excluding hydrogens is 364 g/mol. The molecule has 29 heavy (non-hydrogen) atoms. The first-order chi connectivity index (χ1) is 14.2. The van der Waals surface area contributed by atoms with Crippen LogP contribution in [0, 0.1) is 6.92 Å². The summed E-state index contributed by atoms with van der Waals surface area (Å²) >= 11 is 0. The summed E-state index contributed by atoms with van der Waals surface area (Å²) in [7, 11) is 0. The van der Waals surface area contributed by atoms with Gasteiger partial charge < -0.3 is 5.32 Å². The molecule has 0 fully saturated rings. The highest BCUT2D eigenvalue weighted by molar-refractivity contribution is 5.91. The highest BCUT2D eigenvalue weighted by atomic mass is 16.1. The van der Waals surface area contributed by atoms with Crippen molar-refractivity contribution in [3.63, 3.8) is 0 Å². The Hall–Kier alpha value is -4.00. The predicted octanol–water partition coefficient (Wildman–Crippen LogP) is 3.49. The third-order valence-electron chi connectivity index (χ3n) is 4.44. The molecule has 4 aromatic rings. The number of carbonyl (C=O) groups is 1. The minimum Gasteiger partial charge on any atom is -0.310 e. The summed E-state index contributed by atoms with van der Waals surface area (Å²) in [6.07, 6.45) is 10.2. The topological polar surface area (TPSA) is 93.6 Å². The molecule has 142 valence electrons. The second-order valence-corrected chi connectivity index (χ2v) is 6.53. The molecule has 7 heteroatoms. The maximum atomic E-state index is 12.4. The number of amides is 1. The molecule has 0 atom stereocenters. The normalized spacial score (nSPS) is 10.5. The second kappa shape index (κ2) is 8.35. The largest absolute Gasteiger partial charge is 0.310 e. The van der Waals surface area contributed by atoms with Crippen LogP contribution in [0.25, 0.3) is 22.4 Å². The Morgan fingerprint density at radius 3 is 2.52 bits per heavy atom. The van der Waals surface area contributed by atoms with E-state index in [4.69, 9.17) is 0 Å². The van der Waals surface area contributed by atoms with Crippen molar-refractivity contribution in [1.29, 1.82) is 0 Å². The third kappa shape index (κ3) is 4.47. The van der Waals surface area contributed by atoms with E-state index < -0.39 is 0 Å². The summed E-state index contributed by atoms with van der Waals surface area (Å²) in [6, 6.07) is 11.5. The summed E-state index contributed by atoms with van der Waals surface area (Å²) in [5.74, 6) is 0.376. The lowest BCUT2D eigenvalue weighted by Gasteiger charge is -2.09. The zero-order chi connectivity index (χ0) is 20.1. The van der Waals surface area contributed by atoms with Gasteiger partial charge in [0.15, 0.2) is 0 Å². The summed E-state index contributed by atoms with van der Waals surface area (Å²) in [6.45, 7) is 2.02. The van der Waals surface area contributed by atoms with E-state index in [1.807, 2.05) is 37.3 Å². The van der Waals surface area contributed by atoms with Crippen molar-refractivity contribution in [3.8, 4) is 22.4 Å². The van der Waals surface area contributed by atoms with E-state index in [0.29, 0.717) is 5.82 Å². The Bertz CT molecular complexity index is 1120. The zero-order valence-electron chi connectivity index (χ0n) is 15.8. The van der Waals surface area contributed by atoms with Crippen molar-refractivity contribution in [3.05, 3.63) is 84.7 Å². The van der Waals surface area contributed by atoms with Gasteiger partial charge in [-0.1, -0.05) is 18.2 Å². The molecule has 3 heterocycles. The van der Waals surface area contributed by atoms with Gasteiger partial charge in [0.2, 0.25) is 5.91 Å². The fourth-order valence-electron chi connectivity index (χ4n) is 3.05. The smallest absolute Gasteiger partial charge is 0.229 e. The molecule has 0 aliphatic heterocycles. The number of aryl methyl sites for hydroxylation is 1. The zero-order valence-corrected chi connectivity index (χ0v) is 15.8. The molecule has 3 aromatic heterocycles. The van der Waals surface area contributed by atoms with Crippen LogP contribution in [0.5, 0.6) is 0 Å². The van der Waals surface area contributed by atoms with Crippen molar-refractivity contribution < 1.29 is 4.79 Å². The van der Waals surface area contributed by atoms with Crippen molar-refractivity contribution in [2.45, 2.75) is 13.3 Å². The van der Waals surface area contributed by atoms with E-state index in [9.17, 15) is 4.79 Å². The van der Waals surface area contributed by atoms with E-state index in [1.54, 1.807) is 43.2 Å². The SMILES string of the molecule is Cc1cc(CC(=O)Nc2ccc(-c3cnccn3)cn2)ccc1-c1ccnnc1. The molecule has 0 aliphatic rings. The number of pyridine rings is 1. The number of hydrogen-bond donors (Lipinski definition) is 1.